The first kappa shape index (κ1) is 22.9. The fourth-order valence-corrected chi connectivity index (χ4v) is 4.55. The molecule has 0 saturated carbocycles. The first-order valence-electron chi connectivity index (χ1n) is 11.7. The van der Waals surface area contributed by atoms with Crippen molar-refractivity contribution in [3.63, 3.8) is 0 Å². The smallest absolute Gasteiger partial charge is 0.231 e. The van der Waals surface area contributed by atoms with E-state index in [2.05, 4.69) is 4.90 Å². The monoisotopic (exact) mass is 473 g/mol. The van der Waals surface area contributed by atoms with Crippen LogP contribution in [0.2, 0.25) is 0 Å². The number of benzene rings is 3. The number of phenols is 1. The highest BCUT2D eigenvalue weighted by Gasteiger charge is 2.32. The molecule has 180 valence electrons. The number of hydrogen-bond acceptors (Lipinski definition) is 6. The lowest BCUT2D eigenvalue weighted by molar-refractivity contribution is 0.101. The molecule has 0 amide bonds. The molecule has 2 aliphatic rings. The summed E-state index contributed by atoms with van der Waals surface area (Å²) in [5.41, 5.74) is 3.59. The minimum absolute atomic E-state index is 0.102. The number of rotatable bonds is 5. The number of halogens is 1. The van der Waals surface area contributed by atoms with Gasteiger partial charge in [-0.1, -0.05) is 24.3 Å². The number of phenolic OH excluding ortho intramolecular Hbond substituents is 1. The fourth-order valence-electron chi connectivity index (χ4n) is 4.55. The van der Waals surface area contributed by atoms with Crippen LogP contribution in [0.15, 0.2) is 66.4 Å². The number of ether oxygens (including phenoxy) is 1. The van der Waals surface area contributed by atoms with E-state index >= 15 is 0 Å². The van der Waals surface area contributed by atoms with Gasteiger partial charge in [0.2, 0.25) is 5.78 Å². The maximum atomic E-state index is 14.2. The molecule has 2 aliphatic heterocycles. The second kappa shape index (κ2) is 9.43. The van der Waals surface area contributed by atoms with Crippen LogP contribution in [0.5, 0.6) is 11.5 Å². The predicted molar refractivity (Wildman–Crippen MR) is 136 cm³/mol. The molecule has 1 N–H and O–H groups in total. The highest BCUT2D eigenvalue weighted by Crippen LogP contribution is 2.40. The van der Waals surface area contributed by atoms with Crippen LogP contribution in [0, 0.1) is 5.82 Å². The Kier molecular flexibility index (Phi) is 6.17. The molecule has 0 aromatic heterocycles. The molecule has 35 heavy (non-hydrogen) atoms. The summed E-state index contributed by atoms with van der Waals surface area (Å²) in [6.45, 7) is 3.19. The SMILES string of the molecule is CN(C)c1ccc(/C=C2/Oc3c(ccc(O)c3CN3CCN(c4ccccc4F)CC3)C2=O)cc1. The zero-order valence-electron chi connectivity index (χ0n) is 19.9. The van der Waals surface area contributed by atoms with E-state index < -0.39 is 0 Å². The molecule has 0 bridgehead atoms. The molecule has 7 heteroatoms. The molecule has 5 rings (SSSR count). The van der Waals surface area contributed by atoms with Crippen molar-refractivity contribution in [1.29, 1.82) is 0 Å². The van der Waals surface area contributed by atoms with Crippen LogP contribution in [0.25, 0.3) is 6.08 Å². The summed E-state index contributed by atoms with van der Waals surface area (Å²) in [7, 11) is 3.95. The number of carbonyl (C=O) groups excluding carboxylic acids is 1. The van der Waals surface area contributed by atoms with E-state index in [0.717, 1.165) is 11.3 Å². The van der Waals surface area contributed by atoms with Crippen LogP contribution in [-0.2, 0) is 6.54 Å². The van der Waals surface area contributed by atoms with Gasteiger partial charge in [-0.2, -0.15) is 0 Å². The van der Waals surface area contributed by atoms with Crippen molar-refractivity contribution in [2.45, 2.75) is 6.54 Å². The summed E-state index contributed by atoms with van der Waals surface area (Å²) in [6.07, 6.45) is 1.73. The molecule has 1 fully saturated rings. The van der Waals surface area contributed by atoms with Crippen LogP contribution in [0.1, 0.15) is 21.5 Å². The van der Waals surface area contributed by atoms with E-state index in [0.29, 0.717) is 55.3 Å². The van der Waals surface area contributed by atoms with Gasteiger partial charge in [-0.15, -0.1) is 0 Å². The van der Waals surface area contributed by atoms with Gasteiger partial charge < -0.3 is 19.6 Å². The van der Waals surface area contributed by atoms with E-state index in [-0.39, 0.29) is 23.1 Å². The Morgan fingerprint density at radius 1 is 1.00 bits per heavy atom. The van der Waals surface area contributed by atoms with Crippen LogP contribution in [-0.4, -0.2) is 56.1 Å². The maximum Gasteiger partial charge on any atom is 0.231 e. The number of hydrogen-bond donors (Lipinski definition) is 1. The lowest BCUT2D eigenvalue weighted by atomic mass is 10.0. The van der Waals surface area contributed by atoms with Gasteiger partial charge in [0.15, 0.2) is 5.76 Å². The number of ketones is 1. The quantitative estimate of drug-likeness (QED) is 0.550. The predicted octanol–water partition coefficient (Wildman–Crippen LogP) is 4.54. The number of para-hydroxylation sites is 1. The first-order valence-corrected chi connectivity index (χ1v) is 11.7. The third kappa shape index (κ3) is 4.59. The molecule has 0 radical (unpaired) electrons. The molecule has 3 aromatic rings. The molecular weight excluding hydrogens is 445 g/mol. The van der Waals surface area contributed by atoms with E-state index in [4.69, 9.17) is 4.74 Å². The van der Waals surface area contributed by atoms with Crippen molar-refractivity contribution < 1.29 is 19.0 Å². The van der Waals surface area contributed by atoms with Crippen molar-refractivity contribution >= 4 is 23.2 Å². The molecule has 2 heterocycles. The Bertz CT molecular complexity index is 1280. The van der Waals surface area contributed by atoms with Crippen molar-refractivity contribution in [3.8, 4) is 11.5 Å². The number of allylic oxidation sites excluding steroid dienone is 1. The first-order chi connectivity index (χ1) is 16.9. The average molecular weight is 474 g/mol. The summed E-state index contributed by atoms with van der Waals surface area (Å²) in [5, 5.41) is 10.6. The lowest BCUT2D eigenvalue weighted by Gasteiger charge is -2.36. The number of anilines is 2. The minimum Gasteiger partial charge on any atom is -0.507 e. The second-order valence-corrected chi connectivity index (χ2v) is 9.08. The van der Waals surface area contributed by atoms with Gasteiger partial charge in [-0.05, 0) is 48.0 Å². The van der Waals surface area contributed by atoms with Crippen molar-refractivity contribution in [2.24, 2.45) is 0 Å². The molecule has 0 unspecified atom stereocenters. The lowest BCUT2D eigenvalue weighted by Crippen LogP contribution is -2.46. The molecule has 0 spiro atoms. The Balaban J connectivity index is 1.32. The van der Waals surface area contributed by atoms with E-state index in [1.54, 1.807) is 30.3 Å². The van der Waals surface area contributed by atoms with Crippen molar-refractivity contribution in [3.05, 3.63) is 88.9 Å². The normalized spacial score (nSPS) is 16.9. The topological polar surface area (TPSA) is 56.3 Å². The zero-order chi connectivity index (χ0) is 24.5. The number of aromatic hydroxyl groups is 1. The third-order valence-electron chi connectivity index (χ3n) is 6.57. The van der Waals surface area contributed by atoms with E-state index in [1.807, 2.05) is 54.2 Å². The third-order valence-corrected chi connectivity index (χ3v) is 6.57. The number of Topliss-reactive ketones (excluding diaryl/α,β-unsaturated/α-hetero) is 1. The van der Waals surface area contributed by atoms with Gasteiger partial charge in [0.1, 0.15) is 17.3 Å². The minimum atomic E-state index is -0.220. The fraction of sp³-hybridized carbons (Fsp3) is 0.250. The maximum absolute atomic E-state index is 14.2. The van der Waals surface area contributed by atoms with E-state index in [9.17, 15) is 14.3 Å². The van der Waals surface area contributed by atoms with Crippen molar-refractivity contribution in [1.82, 2.24) is 4.90 Å². The van der Waals surface area contributed by atoms with Crippen LogP contribution in [0.3, 0.4) is 0 Å². The summed E-state index contributed by atoms with van der Waals surface area (Å²) < 4.78 is 20.2. The number of fused-ring (bicyclic) bond motifs is 1. The number of carbonyl (C=O) groups is 1. The number of piperazine rings is 1. The van der Waals surface area contributed by atoms with Gasteiger partial charge in [0, 0.05) is 52.5 Å². The van der Waals surface area contributed by atoms with Gasteiger partial charge in [0.05, 0.1) is 16.8 Å². The summed E-state index contributed by atoms with van der Waals surface area (Å²) in [4.78, 5) is 19.2. The van der Waals surface area contributed by atoms with Gasteiger partial charge >= 0.3 is 0 Å². The molecule has 0 atom stereocenters. The Morgan fingerprint density at radius 3 is 2.40 bits per heavy atom. The molecule has 1 saturated heterocycles. The average Bonchev–Trinajstić information content (AvgIpc) is 3.17. The zero-order valence-corrected chi connectivity index (χ0v) is 19.9. The molecule has 0 aliphatic carbocycles. The highest BCUT2D eigenvalue weighted by atomic mass is 19.1. The Hall–Kier alpha value is -3.84. The van der Waals surface area contributed by atoms with Crippen LogP contribution < -0.4 is 14.5 Å². The highest BCUT2D eigenvalue weighted by molar-refractivity contribution is 6.15. The molecule has 6 nitrogen and oxygen atoms in total. The van der Waals surface area contributed by atoms with Crippen LogP contribution >= 0.6 is 0 Å². The standard InChI is InChI=1S/C28H28FN3O3/c1-30(2)20-9-7-19(8-10-20)17-26-27(34)21-11-12-25(33)22(28(21)35-26)18-31-13-15-32(16-14-31)24-6-4-3-5-23(24)29/h3-12,17,33H,13-16,18H2,1-2H3/b26-17+. The molecular formula is C28H28FN3O3. The number of nitrogens with zero attached hydrogens (tertiary/aromatic N) is 3. The molecule has 3 aromatic carbocycles. The summed E-state index contributed by atoms with van der Waals surface area (Å²) >= 11 is 0. The summed E-state index contributed by atoms with van der Waals surface area (Å²) in [5.74, 6) is 0.352. The van der Waals surface area contributed by atoms with Crippen molar-refractivity contribution in [2.75, 3.05) is 50.1 Å². The van der Waals surface area contributed by atoms with Gasteiger partial charge in [-0.3, -0.25) is 9.69 Å². The summed E-state index contributed by atoms with van der Waals surface area (Å²) in [6, 6.07) is 17.8. The Morgan fingerprint density at radius 2 is 1.71 bits per heavy atom. The van der Waals surface area contributed by atoms with Crippen LogP contribution in [0.4, 0.5) is 15.8 Å². The van der Waals surface area contributed by atoms with Gasteiger partial charge in [0.25, 0.3) is 0 Å². The Labute approximate surface area is 204 Å². The van der Waals surface area contributed by atoms with Gasteiger partial charge in [-0.25, -0.2) is 4.39 Å². The van der Waals surface area contributed by atoms with E-state index in [1.165, 1.54) is 6.07 Å². The second-order valence-electron chi connectivity index (χ2n) is 9.08. The largest absolute Gasteiger partial charge is 0.507 e.